The van der Waals surface area contributed by atoms with E-state index in [2.05, 4.69) is 4.98 Å². The Morgan fingerprint density at radius 2 is 2.00 bits per heavy atom. The van der Waals surface area contributed by atoms with Gasteiger partial charge in [0, 0.05) is 31.7 Å². The molecule has 1 aliphatic rings. The molecule has 1 aromatic heterocycles. The van der Waals surface area contributed by atoms with Gasteiger partial charge in [-0.05, 0) is 26.0 Å². The molecule has 1 saturated heterocycles. The van der Waals surface area contributed by atoms with Gasteiger partial charge in [-0.3, -0.25) is 9.59 Å². The van der Waals surface area contributed by atoms with Crippen molar-refractivity contribution < 1.29 is 9.59 Å². The summed E-state index contributed by atoms with van der Waals surface area (Å²) in [5.74, 6) is -0.129. The largest absolute Gasteiger partial charge is 0.361 e. The molecular weight excluding hydrogens is 266 g/mol. The van der Waals surface area contributed by atoms with Crippen LogP contribution in [0.1, 0.15) is 24.2 Å². The van der Waals surface area contributed by atoms with Crippen molar-refractivity contribution in [2.24, 2.45) is 0 Å². The van der Waals surface area contributed by atoms with E-state index >= 15 is 0 Å². The fraction of sp³-hybridized carbons (Fsp3) is 0.375. The molecule has 110 valence electrons. The van der Waals surface area contributed by atoms with E-state index in [1.54, 1.807) is 36.8 Å². The smallest absolute Gasteiger partial charge is 0.256 e. The van der Waals surface area contributed by atoms with Crippen LogP contribution in [0.2, 0.25) is 0 Å². The Hall–Kier alpha value is -2.30. The molecule has 1 N–H and O–H groups in total. The summed E-state index contributed by atoms with van der Waals surface area (Å²) in [5, 5.41) is 0.999. The van der Waals surface area contributed by atoms with E-state index in [4.69, 9.17) is 0 Å². The van der Waals surface area contributed by atoms with Gasteiger partial charge in [-0.15, -0.1) is 0 Å². The van der Waals surface area contributed by atoms with E-state index in [0.717, 1.165) is 10.9 Å². The number of aromatic nitrogens is 1. The van der Waals surface area contributed by atoms with Gasteiger partial charge >= 0.3 is 0 Å². The molecule has 0 radical (unpaired) electrons. The number of benzene rings is 1. The molecule has 0 saturated carbocycles. The SMILES string of the molecule is CN1CCN(C(=O)c2cccc3cc[nH]c23)C(C)(C)C1=O. The number of para-hydroxylation sites is 1. The number of H-pyrrole nitrogens is 1. The summed E-state index contributed by atoms with van der Waals surface area (Å²) >= 11 is 0. The highest BCUT2D eigenvalue weighted by atomic mass is 16.2. The molecule has 2 heterocycles. The second-order valence-electron chi connectivity index (χ2n) is 5.99. The van der Waals surface area contributed by atoms with E-state index in [1.807, 2.05) is 24.4 Å². The van der Waals surface area contributed by atoms with Crippen LogP contribution < -0.4 is 0 Å². The number of carbonyl (C=O) groups excluding carboxylic acids is 2. The number of piperazine rings is 1. The van der Waals surface area contributed by atoms with Crippen LogP contribution in [0.4, 0.5) is 0 Å². The predicted octanol–water partition coefficient (Wildman–Crippen LogP) is 1.86. The minimum atomic E-state index is -0.821. The number of aromatic amines is 1. The maximum absolute atomic E-state index is 12.9. The van der Waals surface area contributed by atoms with Crippen LogP contribution in [0, 0.1) is 0 Å². The average molecular weight is 285 g/mol. The van der Waals surface area contributed by atoms with Crippen LogP contribution in [0.25, 0.3) is 10.9 Å². The molecule has 0 unspecified atom stereocenters. The molecule has 0 spiro atoms. The van der Waals surface area contributed by atoms with Crippen LogP contribution >= 0.6 is 0 Å². The Balaban J connectivity index is 2.02. The zero-order valence-corrected chi connectivity index (χ0v) is 12.5. The lowest BCUT2D eigenvalue weighted by Gasteiger charge is -2.44. The summed E-state index contributed by atoms with van der Waals surface area (Å²) in [7, 11) is 1.78. The third kappa shape index (κ3) is 2.00. The first-order valence-corrected chi connectivity index (χ1v) is 7.06. The van der Waals surface area contributed by atoms with Crippen LogP contribution in [0.5, 0.6) is 0 Å². The normalized spacial score (nSPS) is 18.3. The van der Waals surface area contributed by atoms with Gasteiger partial charge < -0.3 is 14.8 Å². The van der Waals surface area contributed by atoms with Gasteiger partial charge in [0.2, 0.25) is 5.91 Å². The maximum atomic E-state index is 12.9. The molecule has 2 amide bonds. The number of amides is 2. The number of nitrogens with zero attached hydrogens (tertiary/aromatic N) is 2. The Labute approximate surface area is 123 Å². The monoisotopic (exact) mass is 285 g/mol. The summed E-state index contributed by atoms with van der Waals surface area (Å²) in [6.07, 6.45) is 1.82. The summed E-state index contributed by atoms with van der Waals surface area (Å²) < 4.78 is 0. The molecule has 21 heavy (non-hydrogen) atoms. The van der Waals surface area contributed by atoms with Crippen LogP contribution in [0.15, 0.2) is 30.5 Å². The standard InChI is InChI=1S/C16H19N3O2/c1-16(2)15(21)18(3)9-10-19(16)14(20)12-6-4-5-11-7-8-17-13(11)12/h4-8,17H,9-10H2,1-3H3. The highest BCUT2D eigenvalue weighted by Crippen LogP contribution is 2.26. The first-order chi connectivity index (χ1) is 9.93. The molecule has 1 fully saturated rings. The number of nitrogens with one attached hydrogen (secondary N) is 1. The molecule has 0 aliphatic carbocycles. The number of carbonyl (C=O) groups is 2. The first kappa shape index (κ1) is 13.7. The molecule has 0 atom stereocenters. The van der Waals surface area contributed by atoms with Crippen LogP contribution in [-0.2, 0) is 4.79 Å². The van der Waals surface area contributed by atoms with Crippen molar-refractivity contribution >= 4 is 22.7 Å². The van der Waals surface area contributed by atoms with E-state index in [1.165, 1.54) is 0 Å². The van der Waals surface area contributed by atoms with Gasteiger partial charge in [0.15, 0.2) is 0 Å². The van der Waals surface area contributed by atoms with Crippen molar-refractivity contribution in [1.82, 2.24) is 14.8 Å². The second kappa shape index (κ2) is 4.62. The Morgan fingerprint density at radius 3 is 2.76 bits per heavy atom. The molecule has 5 heteroatoms. The fourth-order valence-electron chi connectivity index (χ4n) is 2.98. The van der Waals surface area contributed by atoms with Gasteiger partial charge in [0.1, 0.15) is 5.54 Å². The summed E-state index contributed by atoms with van der Waals surface area (Å²) in [5.41, 5.74) is 0.617. The zero-order valence-electron chi connectivity index (χ0n) is 12.5. The number of likely N-dealkylation sites (N-methyl/N-ethyl adjacent to an activating group) is 1. The number of fused-ring (bicyclic) bond motifs is 1. The van der Waals surface area contributed by atoms with Crippen LogP contribution in [0.3, 0.4) is 0 Å². The molecule has 1 aliphatic heterocycles. The third-order valence-corrected chi connectivity index (χ3v) is 4.27. The lowest BCUT2D eigenvalue weighted by atomic mass is 9.96. The fourth-order valence-corrected chi connectivity index (χ4v) is 2.98. The van der Waals surface area contributed by atoms with Crippen molar-refractivity contribution in [3.05, 3.63) is 36.0 Å². The minimum Gasteiger partial charge on any atom is -0.361 e. The summed E-state index contributed by atoms with van der Waals surface area (Å²) in [6, 6.07) is 7.57. The third-order valence-electron chi connectivity index (χ3n) is 4.27. The molecular formula is C16H19N3O2. The number of rotatable bonds is 1. The van der Waals surface area contributed by atoms with E-state index in [9.17, 15) is 9.59 Å². The van der Waals surface area contributed by atoms with Gasteiger partial charge in [-0.1, -0.05) is 12.1 Å². The Kier molecular flexibility index (Phi) is 3.01. The maximum Gasteiger partial charge on any atom is 0.256 e. The molecule has 1 aromatic carbocycles. The Morgan fingerprint density at radius 1 is 1.24 bits per heavy atom. The van der Waals surface area contributed by atoms with Crippen molar-refractivity contribution in [3.63, 3.8) is 0 Å². The molecule has 5 nitrogen and oxygen atoms in total. The van der Waals surface area contributed by atoms with E-state index < -0.39 is 5.54 Å². The molecule has 0 bridgehead atoms. The predicted molar refractivity (Wildman–Crippen MR) is 81.1 cm³/mol. The topological polar surface area (TPSA) is 56.4 Å². The average Bonchev–Trinajstić information content (AvgIpc) is 2.92. The van der Waals surface area contributed by atoms with E-state index in [0.29, 0.717) is 18.7 Å². The highest BCUT2D eigenvalue weighted by Gasteiger charge is 2.43. The summed E-state index contributed by atoms with van der Waals surface area (Å²) in [4.78, 5) is 31.7. The lowest BCUT2D eigenvalue weighted by molar-refractivity contribution is -0.144. The van der Waals surface area contributed by atoms with Gasteiger partial charge in [-0.2, -0.15) is 0 Å². The Bertz CT molecular complexity index is 717. The number of hydrogen-bond donors (Lipinski definition) is 1. The lowest BCUT2D eigenvalue weighted by Crippen LogP contribution is -2.63. The first-order valence-electron chi connectivity index (χ1n) is 7.06. The summed E-state index contributed by atoms with van der Waals surface area (Å²) in [6.45, 7) is 4.72. The van der Waals surface area contributed by atoms with Gasteiger partial charge in [-0.25, -0.2) is 0 Å². The highest BCUT2D eigenvalue weighted by molar-refractivity contribution is 6.07. The number of hydrogen-bond acceptors (Lipinski definition) is 2. The van der Waals surface area contributed by atoms with Gasteiger partial charge in [0.25, 0.3) is 5.91 Å². The van der Waals surface area contributed by atoms with Crippen molar-refractivity contribution in [2.75, 3.05) is 20.1 Å². The zero-order chi connectivity index (χ0) is 15.2. The second-order valence-corrected chi connectivity index (χ2v) is 5.99. The van der Waals surface area contributed by atoms with Crippen molar-refractivity contribution in [3.8, 4) is 0 Å². The minimum absolute atomic E-state index is 0.0271. The van der Waals surface area contributed by atoms with Crippen molar-refractivity contribution in [2.45, 2.75) is 19.4 Å². The van der Waals surface area contributed by atoms with E-state index in [-0.39, 0.29) is 11.8 Å². The molecule has 2 aromatic rings. The quantitative estimate of drug-likeness (QED) is 0.869. The van der Waals surface area contributed by atoms with Crippen molar-refractivity contribution in [1.29, 1.82) is 0 Å². The van der Waals surface area contributed by atoms with Gasteiger partial charge in [0.05, 0.1) is 11.1 Å². The molecule has 3 rings (SSSR count). The van der Waals surface area contributed by atoms with Crippen LogP contribution in [-0.4, -0.2) is 52.3 Å².